The molecule has 2 aromatic carbocycles. The van der Waals surface area contributed by atoms with Gasteiger partial charge in [0.2, 0.25) is 0 Å². The van der Waals surface area contributed by atoms with E-state index in [-0.39, 0.29) is 17.1 Å². The minimum absolute atomic E-state index is 0.0194. The van der Waals surface area contributed by atoms with Crippen molar-refractivity contribution in [3.8, 4) is 11.5 Å². The van der Waals surface area contributed by atoms with Crippen LogP contribution in [0.1, 0.15) is 17.3 Å². The molecule has 6 heteroatoms. The van der Waals surface area contributed by atoms with Gasteiger partial charge in [0.15, 0.2) is 0 Å². The van der Waals surface area contributed by atoms with Crippen LogP contribution in [0.3, 0.4) is 0 Å². The number of thioether (sulfide) groups is 1. The van der Waals surface area contributed by atoms with Crippen LogP contribution in [-0.2, 0) is 0 Å². The molecular formula is C15H12F2O3S. The first kappa shape index (κ1) is 15.3. The van der Waals surface area contributed by atoms with Gasteiger partial charge in [-0.2, -0.15) is 0 Å². The number of benzene rings is 2. The highest BCUT2D eigenvalue weighted by atomic mass is 32.2. The lowest BCUT2D eigenvalue weighted by atomic mass is 10.2. The Morgan fingerprint density at radius 1 is 1.24 bits per heavy atom. The number of carbonyl (C=O) groups is 1. The third-order valence-electron chi connectivity index (χ3n) is 2.57. The fraction of sp³-hybridized carbons (Fsp3) is 0.133. The van der Waals surface area contributed by atoms with Gasteiger partial charge in [-0.25, -0.2) is 13.6 Å². The van der Waals surface area contributed by atoms with Crippen molar-refractivity contribution in [1.82, 2.24) is 0 Å². The van der Waals surface area contributed by atoms with Gasteiger partial charge in [-0.1, -0.05) is 13.0 Å². The number of aromatic carboxylic acids is 1. The van der Waals surface area contributed by atoms with E-state index in [0.717, 1.165) is 12.1 Å². The highest BCUT2D eigenvalue weighted by molar-refractivity contribution is 7.99. The Bertz CT molecular complexity index is 654. The van der Waals surface area contributed by atoms with Crippen LogP contribution < -0.4 is 4.74 Å². The van der Waals surface area contributed by atoms with E-state index in [1.165, 1.54) is 17.8 Å². The highest BCUT2D eigenvalue weighted by Crippen LogP contribution is 2.33. The Labute approximate surface area is 124 Å². The zero-order chi connectivity index (χ0) is 15.4. The summed E-state index contributed by atoms with van der Waals surface area (Å²) in [6.45, 7) is 1.89. The summed E-state index contributed by atoms with van der Waals surface area (Å²) in [4.78, 5) is 11.9. The third-order valence-corrected chi connectivity index (χ3v) is 3.51. The van der Waals surface area contributed by atoms with Crippen molar-refractivity contribution >= 4 is 17.7 Å². The maximum Gasteiger partial charge on any atom is 0.340 e. The molecule has 0 atom stereocenters. The van der Waals surface area contributed by atoms with Crippen LogP contribution in [0.5, 0.6) is 11.5 Å². The Hall–Kier alpha value is -2.08. The van der Waals surface area contributed by atoms with E-state index < -0.39 is 17.6 Å². The third kappa shape index (κ3) is 3.72. The number of hydrogen-bond acceptors (Lipinski definition) is 3. The Balaban J connectivity index is 2.43. The minimum Gasteiger partial charge on any atom is -0.478 e. The normalized spacial score (nSPS) is 10.4. The van der Waals surface area contributed by atoms with E-state index >= 15 is 0 Å². The van der Waals surface area contributed by atoms with Crippen LogP contribution in [0.25, 0.3) is 0 Å². The lowest BCUT2D eigenvalue weighted by Crippen LogP contribution is -2.02. The van der Waals surface area contributed by atoms with Gasteiger partial charge in [-0.15, -0.1) is 11.8 Å². The molecule has 21 heavy (non-hydrogen) atoms. The summed E-state index contributed by atoms with van der Waals surface area (Å²) in [5.41, 5.74) is -0.0194. The van der Waals surface area contributed by atoms with Crippen molar-refractivity contribution in [1.29, 1.82) is 0 Å². The summed E-state index contributed by atoms with van der Waals surface area (Å²) in [6.07, 6.45) is 0. The smallest absolute Gasteiger partial charge is 0.340 e. The van der Waals surface area contributed by atoms with E-state index in [1.807, 2.05) is 6.92 Å². The van der Waals surface area contributed by atoms with E-state index in [9.17, 15) is 18.7 Å². The van der Waals surface area contributed by atoms with Crippen LogP contribution in [0, 0.1) is 11.6 Å². The summed E-state index contributed by atoms with van der Waals surface area (Å²) < 4.78 is 31.6. The summed E-state index contributed by atoms with van der Waals surface area (Å²) in [5, 5.41) is 9.32. The van der Waals surface area contributed by atoms with E-state index in [0.29, 0.717) is 16.7 Å². The van der Waals surface area contributed by atoms with Crippen LogP contribution in [-0.4, -0.2) is 16.8 Å². The standard InChI is InChI=1S/C15H12F2O3S/c1-2-21-13-5-3-4-12(14(13)15(18)19)20-11-7-9(16)6-10(17)8-11/h3-8H,2H2,1H3,(H,18,19). The zero-order valence-corrected chi connectivity index (χ0v) is 11.9. The number of ether oxygens (including phenoxy) is 1. The van der Waals surface area contributed by atoms with Gasteiger partial charge >= 0.3 is 5.97 Å². The molecule has 0 fully saturated rings. The molecule has 2 rings (SSSR count). The molecule has 0 amide bonds. The van der Waals surface area contributed by atoms with Crippen LogP contribution in [0.15, 0.2) is 41.3 Å². The second kappa shape index (κ2) is 6.58. The van der Waals surface area contributed by atoms with Gasteiger partial charge in [-0.3, -0.25) is 0 Å². The average Bonchev–Trinajstić information content (AvgIpc) is 2.37. The number of hydrogen-bond donors (Lipinski definition) is 1. The molecule has 0 bridgehead atoms. The molecular weight excluding hydrogens is 298 g/mol. The summed E-state index contributed by atoms with van der Waals surface area (Å²) >= 11 is 1.35. The van der Waals surface area contributed by atoms with Gasteiger partial charge in [0.1, 0.15) is 28.7 Å². The maximum absolute atomic E-state index is 13.1. The van der Waals surface area contributed by atoms with Crippen molar-refractivity contribution in [2.45, 2.75) is 11.8 Å². The topological polar surface area (TPSA) is 46.5 Å². The first-order chi connectivity index (χ1) is 10.0. The van der Waals surface area contributed by atoms with Crippen molar-refractivity contribution in [2.24, 2.45) is 0 Å². The van der Waals surface area contributed by atoms with E-state index in [2.05, 4.69) is 0 Å². The quantitative estimate of drug-likeness (QED) is 0.822. The fourth-order valence-corrected chi connectivity index (χ4v) is 2.62. The molecule has 0 aliphatic heterocycles. The Morgan fingerprint density at radius 2 is 1.90 bits per heavy atom. The molecule has 1 N–H and O–H groups in total. The second-order valence-corrected chi connectivity index (χ2v) is 5.38. The fourth-order valence-electron chi connectivity index (χ4n) is 1.80. The van der Waals surface area contributed by atoms with Crippen LogP contribution in [0.2, 0.25) is 0 Å². The van der Waals surface area contributed by atoms with Gasteiger partial charge < -0.3 is 9.84 Å². The molecule has 0 aliphatic rings. The first-order valence-corrected chi connectivity index (χ1v) is 7.13. The summed E-state index contributed by atoms with van der Waals surface area (Å²) in [5.74, 6) is -2.09. The van der Waals surface area contributed by atoms with Gasteiger partial charge in [0, 0.05) is 23.1 Å². The van der Waals surface area contributed by atoms with Crippen molar-refractivity contribution in [3.63, 3.8) is 0 Å². The number of carboxylic acid groups (broad SMARTS) is 1. The van der Waals surface area contributed by atoms with Crippen molar-refractivity contribution < 1.29 is 23.4 Å². The largest absolute Gasteiger partial charge is 0.478 e. The van der Waals surface area contributed by atoms with E-state index in [1.54, 1.807) is 12.1 Å². The minimum atomic E-state index is -1.15. The van der Waals surface area contributed by atoms with Crippen LogP contribution in [0.4, 0.5) is 8.78 Å². The van der Waals surface area contributed by atoms with Crippen LogP contribution >= 0.6 is 11.8 Å². The molecule has 2 aromatic rings. The number of halogens is 2. The molecule has 0 saturated heterocycles. The molecule has 3 nitrogen and oxygen atoms in total. The molecule has 110 valence electrons. The van der Waals surface area contributed by atoms with Crippen molar-refractivity contribution in [3.05, 3.63) is 53.6 Å². The summed E-state index contributed by atoms with van der Waals surface area (Å²) in [6, 6.07) is 7.45. The van der Waals surface area contributed by atoms with Gasteiger partial charge in [-0.05, 0) is 17.9 Å². The summed E-state index contributed by atoms with van der Waals surface area (Å²) in [7, 11) is 0. The molecule has 0 aliphatic carbocycles. The predicted octanol–water partition coefficient (Wildman–Crippen LogP) is 4.57. The Morgan fingerprint density at radius 3 is 2.48 bits per heavy atom. The number of rotatable bonds is 5. The van der Waals surface area contributed by atoms with Gasteiger partial charge in [0.05, 0.1) is 0 Å². The van der Waals surface area contributed by atoms with Gasteiger partial charge in [0.25, 0.3) is 0 Å². The first-order valence-electron chi connectivity index (χ1n) is 6.14. The molecule has 0 saturated carbocycles. The maximum atomic E-state index is 13.1. The van der Waals surface area contributed by atoms with Crippen molar-refractivity contribution in [2.75, 3.05) is 5.75 Å². The SMILES string of the molecule is CCSc1cccc(Oc2cc(F)cc(F)c2)c1C(=O)O. The lowest BCUT2D eigenvalue weighted by Gasteiger charge is -2.12. The monoisotopic (exact) mass is 310 g/mol. The molecule has 0 radical (unpaired) electrons. The number of carboxylic acids is 1. The highest BCUT2D eigenvalue weighted by Gasteiger charge is 2.17. The average molecular weight is 310 g/mol. The second-order valence-electron chi connectivity index (χ2n) is 4.07. The predicted molar refractivity (Wildman–Crippen MR) is 76.2 cm³/mol. The molecule has 0 spiro atoms. The van der Waals surface area contributed by atoms with E-state index in [4.69, 9.17) is 4.74 Å². The molecule has 0 heterocycles. The zero-order valence-electron chi connectivity index (χ0n) is 11.1. The molecule has 0 aromatic heterocycles. The molecule has 0 unspecified atom stereocenters. The lowest BCUT2D eigenvalue weighted by molar-refractivity contribution is 0.0690. The Kier molecular flexibility index (Phi) is 4.80.